The first-order valence-electron chi connectivity index (χ1n) is 19.5. The number of hydrogen-bond acceptors (Lipinski definition) is 4. The highest BCUT2D eigenvalue weighted by Crippen LogP contribution is 2.40. The summed E-state index contributed by atoms with van der Waals surface area (Å²) in [7, 11) is 0. The van der Waals surface area contributed by atoms with Gasteiger partial charge < -0.3 is 8.98 Å². The van der Waals surface area contributed by atoms with Crippen LogP contribution in [0, 0.1) is 0 Å². The number of pyridine rings is 1. The fraction of sp³-hybridized carbons (Fsp3) is 0. The van der Waals surface area contributed by atoms with E-state index in [1.54, 1.807) is 0 Å². The first kappa shape index (κ1) is 32.4. The van der Waals surface area contributed by atoms with Gasteiger partial charge in [-0.05, 0) is 47.9 Å². The Morgan fingerprint density at radius 3 is 1.79 bits per heavy atom. The zero-order chi connectivity index (χ0) is 38.2. The molecule has 5 nitrogen and oxygen atoms in total. The summed E-state index contributed by atoms with van der Waals surface area (Å²) in [6.45, 7) is 0. The number of benzene rings is 8. The van der Waals surface area contributed by atoms with Crippen molar-refractivity contribution in [1.29, 1.82) is 0 Å². The van der Waals surface area contributed by atoms with Crippen LogP contribution in [-0.2, 0) is 0 Å². The number of hydrogen-bond donors (Lipinski definition) is 0. The molecule has 0 atom stereocenters. The second-order valence-electron chi connectivity index (χ2n) is 14.8. The Labute approximate surface area is 333 Å². The van der Waals surface area contributed by atoms with Crippen LogP contribution in [0.5, 0.6) is 0 Å². The second-order valence-corrected chi connectivity index (χ2v) is 14.8. The molecule has 0 saturated carbocycles. The molecular formula is C53H32N4O. The first-order chi connectivity index (χ1) is 28.7. The van der Waals surface area contributed by atoms with E-state index in [0.717, 1.165) is 83.3 Å². The van der Waals surface area contributed by atoms with Crippen molar-refractivity contribution in [3.8, 4) is 50.8 Å². The van der Waals surface area contributed by atoms with E-state index in [9.17, 15) is 0 Å². The molecule has 0 fully saturated rings. The van der Waals surface area contributed by atoms with Gasteiger partial charge in [0.25, 0.3) is 0 Å². The topological polar surface area (TPSA) is 56.7 Å². The van der Waals surface area contributed by atoms with Crippen LogP contribution in [0.1, 0.15) is 0 Å². The Kier molecular flexibility index (Phi) is 7.16. The van der Waals surface area contributed by atoms with Crippen molar-refractivity contribution in [1.82, 2.24) is 19.5 Å². The van der Waals surface area contributed by atoms with Crippen LogP contribution < -0.4 is 0 Å². The molecule has 0 radical (unpaired) electrons. The molecule has 0 spiro atoms. The lowest BCUT2D eigenvalue weighted by Crippen LogP contribution is -1.97. The van der Waals surface area contributed by atoms with Gasteiger partial charge in [0.15, 0.2) is 11.4 Å². The van der Waals surface area contributed by atoms with Crippen molar-refractivity contribution in [2.75, 3.05) is 0 Å². The summed E-state index contributed by atoms with van der Waals surface area (Å²) in [5.41, 5.74) is 12.6. The minimum atomic E-state index is 0.677. The van der Waals surface area contributed by atoms with Crippen LogP contribution in [-0.4, -0.2) is 19.5 Å². The van der Waals surface area contributed by atoms with Crippen molar-refractivity contribution in [3.05, 3.63) is 194 Å². The molecular weight excluding hydrogens is 709 g/mol. The Morgan fingerprint density at radius 2 is 1.02 bits per heavy atom. The van der Waals surface area contributed by atoms with Crippen LogP contribution in [0.25, 0.3) is 116 Å². The van der Waals surface area contributed by atoms with E-state index in [-0.39, 0.29) is 0 Å². The van der Waals surface area contributed by atoms with Crippen molar-refractivity contribution in [2.24, 2.45) is 0 Å². The van der Waals surface area contributed by atoms with Crippen LogP contribution in [0.3, 0.4) is 0 Å². The molecule has 12 aromatic rings. The molecule has 0 bridgehead atoms. The average Bonchev–Trinajstić information content (AvgIpc) is 3.85. The third-order valence-corrected chi connectivity index (χ3v) is 11.4. The van der Waals surface area contributed by atoms with E-state index in [1.807, 2.05) is 36.4 Å². The summed E-state index contributed by atoms with van der Waals surface area (Å²) in [5, 5.41) is 8.07. The minimum Gasteiger partial charge on any atom is -0.454 e. The largest absolute Gasteiger partial charge is 0.454 e. The summed E-state index contributed by atoms with van der Waals surface area (Å²) in [5.74, 6) is 0.677. The zero-order valence-corrected chi connectivity index (χ0v) is 31.2. The minimum absolute atomic E-state index is 0.677. The van der Waals surface area contributed by atoms with Gasteiger partial charge in [-0.3, -0.25) is 0 Å². The maximum absolute atomic E-state index is 6.50. The third-order valence-electron chi connectivity index (χ3n) is 11.4. The molecule has 4 heterocycles. The van der Waals surface area contributed by atoms with Gasteiger partial charge in [-0.1, -0.05) is 152 Å². The van der Waals surface area contributed by atoms with Gasteiger partial charge in [0, 0.05) is 54.6 Å². The lowest BCUT2D eigenvalue weighted by atomic mass is 10.00. The SMILES string of the molecule is c1ccc(-c2nc(-c3ccc(-c4nc5ccccc5c5c4oc4ccccc45)cc3)cc(-c3ccc4c(-n5c6ccccc6c6ccccc65)cccc4c3)n2)cc1. The van der Waals surface area contributed by atoms with Gasteiger partial charge in [0.05, 0.1) is 33.6 Å². The number of fused-ring (bicyclic) bond motifs is 9. The van der Waals surface area contributed by atoms with Gasteiger partial charge in [0.2, 0.25) is 0 Å². The Bertz CT molecular complexity index is 3510. The summed E-state index contributed by atoms with van der Waals surface area (Å²) in [6.07, 6.45) is 0. The third kappa shape index (κ3) is 5.07. The second kappa shape index (κ2) is 12.8. The van der Waals surface area contributed by atoms with E-state index in [4.69, 9.17) is 19.4 Å². The normalized spacial score (nSPS) is 11.8. The van der Waals surface area contributed by atoms with E-state index < -0.39 is 0 Å². The van der Waals surface area contributed by atoms with E-state index in [2.05, 4.69) is 162 Å². The van der Waals surface area contributed by atoms with Crippen LogP contribution in [0.4, 0.5) is 0 Å². The molecule has 0 saturated heterocycles. The number of para-hydroxylation sites is 4. The monoisotopic (exact) mass is 740 g/mol. The molecule has 8 aromatic carbocycles. The number of rotatable bonds is 5. The number of furan rings is 1. The summed E-state index contributed by atoms with van der Waals surface area (Å²) in [4.78, 5) is 15.4. The lowest BCUT2D eigenvalue weighted by Gasteiger charge is -2.13. The molecule has 0 aliphatic carbocycles. The van der Waals surface area contributed by atoms with E-state index in [0.29, 0.717) is 5.82 Å². The van der Waals surface area contributed by atoms with E-state index in [1.165, 1.54) is 27.2 Å². The Morgan fingerprint density at radius 1 is 0.397 bits per heavy atom. The van der Waals surface area contributed by atoms with Crippen LogP contribution in [0.15, 0.2) is 199 Å². The van der Waals surface area contributed by atoms with E-state index >= 15 is 0 Å². The maximum Gasteiger partial charge on any atom is 0.162 e. The van der Waals surface area contributed by atoms with Crippen molar-refractivity contribution in [3.63, 3.8) is 0 Å². The van der Waals surface area contributed by atoms with Crippen LogP contribution in [0.2, 0.25) is 0 Å². The molecule has 270 valence electrons. The highest BCUT2D eigenvalue weighted by molar-refractivity contribution is 6.20. The van der Waals surface area contributed by atoms with Gasteiger partial charge in [-0.2, -0.15) is 0 Å². The molecule has 4 aromatic heterocycles. The molecule has 12 rings (SSSR count). The summed E-state index contributed by atoms with van der Waals surface area (Å²) in [6, 6.07) is 67.8. The summed E-state index contributed by atoms with van der Waals surface area (Å²) >= 11 is 0. The Balaban J connectivity index is 0.985. The average molecular weight is 741 g/mol. The first-order valence-corrected chi connectivity index (χ1v) is 19.5. The molecule has 0 aliphatic heterocycles. The fourth-order valence-corrected chi connectivity index (χ4v) is 8.69. The predicted octanol–water partition coefficient (Wildman–Crippen LogP) is 13.8. The highest BCUT2D eigenvalue weighted by atomic mass is 16.3. The lowest BCUT2D eigenvalue weighted by molar-refractivity contribution is 0.669. The van der Waals surface area contributed by atoms with Gasteiger partial charge >= 0.3 is 0 Å². The molecule has 5 heteroatoms. The van der Waals surface area contributed by atoms with Gasteiger partial charge in [0.1, 0.15) is 11.3 Å². The highest BCUT2D eigenvalue weighted by Gasteiger charge is 2.19. The quantitative estimate of drug-likeness (QED) is 0.176. The molecule has 0 N–H and O–H groups in total. The standard InChI is InChI=1S/C53H32N4O/c1-2-13-35(14-3-1)53-55-44(33-25-27-34(28-26-33)51-52-50(41-18-4-8-20-43(41)54-51)42-19-7-11-24-49(42)58-52)32-45(56-53)37-29-30-38-36(31-37)15-12-23-46(38)57-47-21-9-5-16-39(47)40-17-6-10-22-48(40)57/h1-32H. The molecule has 0 aliphatic rings. The zero-order valence-electron chi connectivity index (χ0n) is 31.2. The summed E-state index contributed by atoms with van der Waals surface area (Å²) < 4.78 is 8.89. The fourth-order valence-electron chi connectivity index (χ4n) is 8.69. The van der Waals surface area contributed by atoms with Crippen LogP contribution >= 0.6 is 0 Å². The molecule has 58 heavy (non-hydrogen) atoms. The molecule has 0 amide bonds. The smallest absolute Gasteiger partial charge is 0.162 e. The van der Waals surface area contributed by atoms with Gasteiger partial charge in [-0.25, -0.2) is 15.0 Å². The van der Waals surface area contributed by atoms with Crippen molar-refractivity contribution >= 4 is 65.4 Å². The van der Waals surface area contributed by atoms with Gasteiger partial charge in [-0.15, -0.1) is 0 Å². The van der Waals surface area contributed by atoms with Crippen molar-refractivity contribution in [2.45, 2.75) is 0 Å². The maximum atomic E-state index is 6.50. The predicted molar refractivity (Wildman–Crippen MR) is 238 cm³/mol. The molecule has 0 unspecified atom stereocenters. The number of nitrogens with zero attached hydrogens (tertiary/aromatic N) is 4. The Hall–Kier alpha value is -7.89. The van der Waals surface area contributed by atoms with Crippen molar-refractivity contribution < 1.29 is 4.42 Å². The number of aromatic nitrogens is 4.